The minimum absolute atomic E-state index is 0.257. The molecule has 24 heavy (non-hydrogen) atoms. The van der Waals surface area contributed by atoms with E-state index in [0.717, 1.165) is 5.56 Å². The number of aryl methyl sites for hydroxylation is 1. The van der Waals surface area contributed by atoms with Gasteiger partial charge in [0.2, 0.25) is 5.91 Å². The summed E-state index contributed by atoms with van der Waals surface area (Å²) < 4.78 is 14.7. The molecule has 1 unspecified atom stereocenters. The molecule has 1 amide bonds. The van der Waals surface area contributed by atoms with Gasteiger partial charge in [0.1, 0.15) is 11.2 Å². The Kier molecular flexibility index (Phi) is 4.17. The molecule has 0 aromatic heterocycles. The first-order chi connectivity index (χ1) is 11.6. The van der Waals surface area contributed by atoms with Crippen molar-refractivity contribution >= 4 is 5.91 Å². The van der Waals surface area contributed by atoms with Crippen molar-refractivity contribution in [3.8, 4) is 0 Å². The first kappa shape index (κ1) is 15.9. The van der Waals surface area contributed by atoms with Gasteiger partial charge in [-0.1, -0.05) is 78.4 Å². The van der Waals surface area contributed by atoms with Crippen LogP contribution < -0.4 is 5.73 Å². The average molecular weight is 319 g/mol. The minimum Gasteiger partial charge on any atom is -0.368 e. The molecule has 0 aliphatic heterocycles. The summed E-state index contributed by atoms with van der Waals surface area (Å²) in [5.41, 5.74) is 7.10. The lowest BCUT2D eigenvalue weighted by Gasteiger charge is -2.33. The maximum Gasteiger partial charge on any atom is 0.237 e. The largest absolute Gasteiger partial charge is 0.368 e. The highest BCUT2D eigenvalue weighted by atomic mass is 19.1. The van der Waals surface area contributed by atoms with Crippen molar-refractivity contribution in [3.05, 3.63) is 107 Å². The fourth-order valence-electron chi connectivity index (χ4n) is 3.15. The molecule has 0 saturated heterocycles. The Morgan fingerprint density at radius 1 is 0.833 bits per heavy atom. The van der Waals surface area contributed by atoms with Gasteiger partial charge in [-0.25, -0.2) is 4.39 Å². The predicted molar refractivity (Wildman–Crippen MR) is 93.1 cm³/mol. The monoisotopic (exact) mass is 319 g/mol. The van der Waals surface area contributed by atoms with Gasteiger partial charge < -0.3 is 5.73 Å². The van der Waals surface area contributed by atoms with Crippen LogP contribution in [-0.2, 0) is 10.2 Å². The number of amides is 1. The number of hydrogen-bond donors (Lipinski definition) is 1. The number of carbonyl (C=O) groups is 1. The van der Waals surface area contributed by atoms with E-state index in [0.29, 0.717) is 11.1 Å². The SMILES string of the molecule is Cc1ccc(C(C(N)=O)(c2ccccc2)c2ccccc2F)cc1. The van der Waals surface area contributed by atoms with Crippen molar-refractivity contribution in [1.29, 1.82) is 0 Å². The fraction of sp³-hybridized carbons (Fsp3) is 0.0952. The Hall–Kier alpha value is -2.94. The maximum absolute atomic E-state index is 14.7. The van der Waals surface area contributed by atoms with E-state index in [1.54, 1.807) is 30.3 Å². The third kappa shape index (κ3) is 2.48. The Bertz CT molecular complexity index is 859. The average Bonchev–Trinajstić information content (AvgIpc) is 2.59. The molecule has 0 spiro atoms. The van der Waals surface area contributed by atoms with Gasteiger partial charge in [0.25, 0.3) is 0 Å². The van der Waals surface area contributed by atoms with Crippen molar-refractivity contribution < 1.29 is 9.18 Å². The van der Waals surface area contributed by atoms with E-state index >= 15 is 0 Å². The lowest BCUT2D eigenvalue weighted by Crippen LogP contribution is -2.44. The van der Waals surface area contributed by atoms with Gasteiger partial charge in [-0.05, 0) is 24.1 Å². The quantitative estimate of drug-likeness (QED) is 0.727. The van der Waals surface area contributed by atoms with Gasteiger partial charge in [0, 0.05) is 5.56 Å². The Balaban J connectivity index is 2.41. The first-order valence-electron chi connectivity index (χ1n) is 7.74. The summed E-state index contributed by atoms with van der Waals surface area (Å²) in [4.78, 5) is 12.7. The van der Waals surface area contributed by atoms with Crippen LogP contribution in [0.4, 0.5) is 4.39 Å². The first-order valence-corrected chi connectivity index (χ1v) is 7.74. The van der Waals surface area contributed by atoms with Crippen LogP contribution in [0.2, 0.25) is 0 Å². The van der Waals surface area contributed by atoms with Crippen LogP contribution in [0.25, 0.3) is 0 Å². The Morgan fingerprint density at radius 3 is 1.96 bits per heavy atom. The van der Waals surface area contributed by atoms with Crippen LogP contribution in [0.1, 0.15) is 22.3 Å². The van der Waals surface area contributed by atoms with Crippen LogP contribution in [0.15, 0.2) is 78.9 Å². The minimum atomic E-state index is -1.37. The van der Waals surface area contributed by atoms with Gasteiger partial charge in [0.15, 0.2) is 0 Å². The summed E-state index contributed by atoms with van der Waals surface area (Å²) in [6.45, 7) is 1.96. The molecule has 3 aromatic rings. The Labute approximate surface area is 140 Å². The third-order valence-electron chi connectivity index (χ3n) is 4.34. The van der Waals surface area contributed by atoms with Gasteiger partial charge in [0.05, 0.1) is 0 Å². The van der Waals surface area contributed by atoms with E-state index in [1.165, 1.54) is 6.07 Å². The number of hydrogen-bond acceptors (Lipinski definition) is 1. The highest BCUT2D eigenvalue weighted by molar-refractivity contribution is 5.95. The van der Waals surface area contributed by atoms with E-state index in [4.69, 9.17) is 5.73 Å². The Morgan fingerprint density at radius 2 is 1.38 bits per heavy atom. The second kappa shape index (κ2) is 6.28. The normalized spacial score (nSPS) is 13.2. The van der Waals surface area contributed by atoms with Crippen molar-refractivity contribution in [3.63, 3.8) is 0 Å². The van der Waals surface area contributed by atoms with Gasteiger partial charge in [-0.15, -0.1) is 0 Å². The van der Waals surface area contributed by atoms with Crippen molar-refractivity contribution in [2.45, 2.75) is 12.3 Å². The molecule has 0 heterocycles. The van der Waals surface area contributed by atoms with Crippen LogP contribution in [0.5, 0.6) is 0 Å². The van der Waals surface area contributed by atoms with E-state index in [1.807, 2.05) is 49.4 Å². The highest BCUT2D eigenvalue weighted by Gasteiger charge is 2.44. The summed E-state index contributed by atoms with van der Waals surface area (Å²) in [6.07, 6.45) is 0. The molecule has 0 fully saturated rings. The summed E-state index contributed by atoms with van der Waals surface area (Å²) in [7, 11) is 0. The third-order valence-corrected chi connectivity index (χ3v) is 4.34. The van der Waals surface area contributed by atoms with Crippen molar-refractivity contribution in [2.24, 2.45) is 5.73 Å². The molecule has 0 radical (unpaired) electrons. The molecule has 0 saturated carbocycles. The summed E-state index contributed by atoms with van der Waals surface area (Å²) in [5, 5.41) is 0. The summed E-state index contributed by atoms with van der Waals surface area (Å²) >= 11 is 0. The number of primary amides is 1. The topological polar surface area (TPSA) is 43.1 Å². The van der Waals surface area contributed by atoms with Crippen LogP contribution in [0, 0.1) is 12.7 Å². The number of nitrogens with two attached hydrogens (primary N) is 1. The van der Waals surface area contributed by atoms with Crippen molar-refractivity contribution in [1.82, 2.24) is 0 Å². The molecular formula is C21H18FNO. The molecular weight excluding hydrogens is 301 g/mol. The van der Waals surface area contributed by atoms with E-state index < -0.39 is 17.1 Å². The summed E-state index contributed by atoms with van der Waals surface area (Å²) in [6, 6.07) is 22.9. The molecule has 3 rings (SSSR count). The smallest absolute Gasteiger partial charge is 0.237 e. The number of rotatable bonds is 4. The summed E-state index contributed by atoms with van der Waals surface area (Å²) in [5.74, 6) is -1.07. The van der Waals surface area contributed by atoms with Crippen molar-refractivity contribution in [2.75, 3.05) is 0 Å². The van der Waals surface area contributed by atoms with Gasteiger partial charge in [-0.3, -0.25) is 4.79 Å². The van der Waals surface area contributed by atoms with E-state index in [2.05, 4.69) is 0 Å². The predicted octanol–water partition coefficient (Wildman–Crippen LogP) is 3.95. The van der Waals surface area contributed by atoms with Gasteiger partial charge in [-0.2, -0.15) is 0 Å². The van der Waals surface area contributed by atoms with E-state index in [9.17, 15) is 9.18 Å². The van der Waals surface area contributed by atoms with E-state index in [-0.39, 0.29) is 5.56 Å². The number of halogens is 1. The highest BCUT2D eigenvalue weighted by Crippen LogP contribution is 2.40. The lowest BCUT2D eigenvalue weighted by molar-refractivity contribution is -0.121. The zero-order chi connectivity index (χ0) is 17.2. The molecule has 2 N–H and O–H groups in total. The maximum atomic E-state index is 14.7. The molecule has 120 valence electrons. The molecule has 2 nitrogen and oxygen atoms in total. The zero-order valence-corrected chi connectivity index (χ0v) is 13.4. The standard InChI is InChI=1S/C21H18FNO/c1-15-11-13-17(14-12-15)21(20(23)24,16-7-3-2-4-8-16)18-9-5-6-10-19(18)22/h2-14H,1H3,(H2,23,24). The molecule has 0 aliphatic rings. The van der Waals surface area contributed by atoms with Crippen LogP contribution in [0.3, 0.4) is 0 Å². The van der Waals surface area contributed by atoms with Crippen LogP contribution in [-0.4, -0.2) is 5.91 Å². The number of carbonyl (C=O) groups excluding carboxylic acids is 1. The lowest BCUT2D eigenvalue weighted by atomic mass is 9.68. The second-order valence-electron chi connectivity index (χ2n) is 5.83. The molecule has 1 atom stereocenters. The fourth-order valence-corrected chi connectivity index (χ4v) is 3.15. The number of benzene rings is 3. The molecule has 0 bridgehead atoms. The van der Waals surface area contributed by atoms with Gasteiger partial charge >= 0.3 is 0 Å². The molecule has 3 aromatic carbocycles. The van der Waals surface area contributed by atoms with Crippen LogP contribution >= 0.6 is 0 Å². The zero-order valence-electron chi connectivity index (χ0n) is 13.4. The molecule has 3 heteroatoms. The molecule has 0 aliphatic carbocycles. The second-order valence-corrected chi connectivity index (χ2v) is 5.83.